The van der Waals surface area contributed by atoms with Crippen molar-refractivity contribution in [3.63, 3.8) is 0 Å². The Bertz CT molecular complexity index is 1390. The molecule has 1 aromatic carbocycles. The third-order valence-corrected chi connectivity index (χ3v) is 9.17. The van der Waals surface area contributed by atoms with Crippen LogP contribution in [0.15, 0.2) is 53.8 Å². The van der Waals surface area contributed by atoms with Gasteiger partial charge in [0.05, 0.1) is 27.5 Å². The lowest BCUT2D eigenvalue weighted by molar-refractivity contribution is 0.0732. The van der Waals surface area contributed by atoms with E-state index in [1.807, 2.05) is 47.8 Å². The van der Waals surface area contributed by atoms with Crippen LogP contribution in [0.2, 0.25) is 0 Å². The number of thiazole rings is 1. The van der Waals surface area contributed by atoms with Crippen molar-refractivity contribution in [3.8, 4) is 0 Å². The summed E-state index contributed by atoms with van der Waals surface area (Å²) in [4.78, 5) is 34.7. The van der Waals surface area contributed by atoms with Crippen molar-refractivity contribution in [2.24, 2.45) is 11.8 Å². The van der Waals surface area contributed by atoms with Crippen LogP contribution in [0.5, 0.6) is 0 Å². The summed E-state index contributed by atoms with van der Waals surface area (Å²) in [5.74, 6) is 2.35. The molecule has 3 aromatic heterocycles. The van der Waals surface area contributed by atoms with Crippen molar-refractivity contribution in [2.75, 3.05) is 12.8 Å². The molecule has 0 bridgehead atoms. The van der Waals surface area contributed by atoms with Gasteiger partial charge in [-0.05, 0) is 73.6 Å². The number of carbonyl (C=O) groups is 1. The number of amides is 1. The summed E-state index contributed by atoms with van der Waals surface area (Å²) in [6.45, 7) is 1.32. The van der Waals surface area contributed by atoms with Gasteiger partial charge in [0.25, 0.3) is 5.91 Å². The van der Waals surface area contributed by atoms with Crippen LogP contribution in [0.3, 0.4) is 0 Å². The molecule has 0 N–H and O–H groups in total. The maximum absolute atomic E-state index is 13.2. The first-order chi connectivity index (χ1) is 17.6. The maximum Gasteiger partial charge on any atom is 0.254 e. The van der Waals surface area contributed by atoms with E-state index in [1.165, 1.54) is 29.8 Å². The van der Waals surface area contributed by atoms with Gasteiger partial charge in [0.2, 0.25) is 0 Å². The number of thioether (sulfide) groups is 1. The Morgan fingerprint density at radius 3 is 2.78 bits per heavy atom. The van der Waals surface area contributed by atoms with Crippen molar-refractivity contribution < 1.29 is 4.79 Å². The van der Waals surface area contributed by atoms with E-state index in [1.54, 1.807) is 29.3 Å². The zero-order chi connectivity index (χ0) is 24.5. The molecule has 184 valence electrons. The number of nitrogens with zero attached hydrogens (tertiary/aromatic N) is 5. The second kappa shape index (κ2) is 10.3. The summed E-state index contributed by atoms with van der Waals surface area (Å²) in [6, 6.07) is 10.0. The summed E-state index contributed by atoms with van der Waals surface area (Å²) < 4.78 is 1.10. The molecule has 2 aliphatic rings. The molecule has 8 heteroatoms. The van der Waals surface area contributed by atoms with E-state index < -0.39 is 0 Å². The van der Waals surface area contributed by atoms with E-state index in [0.29, 0.717) is 18.4 Å². The predicted octanol–water partition coefficient (Wildman–Crippen LogP) is 5.60. The molecule has 1 amide bonds. The number of carbonyl (C=O) groups excluding carboxylic acids is 1. The zero-order valence-electron chi connectivity index (χ0n) is 20.4. The topological polar surface area (TPSA) is 71.9 Å². The van der Waals surface area contributed by atoms with Crippen LogP contribution < -0.4 is 0 Å². The third-order valence-electron chi connectivity index (χ3n) is 7.44. The van der Waals surface area contributed by atoms with Crippen molar-refractivity contribution >= 4 is 39.2 Å². The molecule has 4 aromatic rings. The van der Waals surface area contributed by atoms with Gasteiger partial charge in [0, 0.05) is 48.4 Å². The van der Waals surface area contributed by atoms with Gasteiger partial charge in [0.15, 0.2) is 0 Å². The lowest BCUT2D eigenvalue weighted by Crippen LogP contribution is -2.36. The van der Waals surface area contributed by atoms with Crippen LogP contribution in [0.1, 0.15) is 51.7 Å². The average molecular weight is 516 g/mol. The Morgan fingerprint density at radius 2 is 1.94 bits per heavy atom. The van der Waals surface area contributed by atoms with Crippen LogP contribution in [0.4, 0.5) is 0 Å². The van der Waals surface area contributed by atoms with Crippen LogP contribution in [0.25, 0.3) is 10.2 Å². The fourth-order valence-corrected chi connectivity index (χ4v) is 6.95. The van der Waals surface area contributed by atoms with Crippen molar-refractivity contribution in [1.29, 1.82) is 0 Å². The van der Waals surface area contributed by atoms with Gasteiger partial charge >= 0.3 is 0 Å². The fraction of sp³-hybridized carbons (Fsp3) is 0.393. The molecule has 1 fully saturated rings. The Kier molecular flexibility index (Phi) is 6.71. The molecular formula is C28H29N5OS2. The quantitative estimate of drug-likeness (QED) is 0.311. The number of rotatable bonds is 6. The van der Waals surface area contributed by atoms with Crippen LogP contribution in [0, 0.1) is 11.8 Å². The number of hydrogen-bond donors (Lipinski definition) is 0. The highest BCUT2D eigenvalue weighted by molar-refractivity contribution is 7.98. The average Bonchev–Trinajstić information content (AvgIpc) is 3.54. The molecular weight excluding hydrogens is 486 g/mol. The number of pyridine rings is 1. The fourth-order valence-electron chi connectivity index (χ4n) is 5.51. The highest BCUT2D eigenvalue weighted by Crippen LogP contribution is 2.36. The van der Waals surface area contributed by atoms with E-state index in [4.69, 9.17) is 4.98 Å². The molecule has 0 spiro atoms. The zero-order valence-corrected chi connectivity index (χ0v) is 22.0. The molecule has 6 nitrogen and oxygen atoms in total. The summed E-state index contributed by atoms with van der Waals surface area (Å²) in [7, 11) is 0. The lowest BCUT2D eigenvalue weighted by atomic mass is 9.99. The summed E-state index contributed by atoms with van der Waals surface area (Å²) in [5.41, 5.74) is 4.00. The van der Waals surface area contributed by atoms with E-state index in [2.05, 4.69) is 21.0 Å². The highest BCUT2D eigenvalue weighted by Gasteiger charge is 2.27. The summed E-state index contributed by atoms with van der Waals surface area (Å²) in [5, 5.41) is 1.18. The Labute approximate surface area is 219 Å². The molecule has 1 saturated carbocycles. The van der Waals surface area contributed by atoms with Crippen LogP contribution in [-0.2, 0) is 25.8 Å². The number of benzene rings is 1. The highest BCUT2D eigenvalue weighted by atomic mass is 32.2. The summed E-state index contributed by atoms with van der Waals surface area (Å²) >= 11 is 3.42. The second-order valence-corrected chi connectivity index (χ2v) is 11.9. The molecule has 1 aliphatic carbocycles. The maximum atomic E-state index is 13.2. The Morgan fingerprint density at radius 1 is 1.11 bits per heavy atom. The van der Waals surface area contributed by atoms with Gasteiger partial charge in [-0.2, -0.15) is 0 Å². The first kappa shape index (κ1) is 23.6. The second-order valence-electron chi connectivity index (χ2n) is 9.87. The number of hydrogen-bond acceptors (Lipinski definition) is 7. The minimum absolute atomic E-state index is 0.0783. The molecule has 4 heterocycles. The van der Waals surface area contributed by atoms with E-state index in [-0.39, 0.29) is 5.91 Å². The molecule has 36 heavy (non-hydrogen) atoms. The minimum Gasteiger partial charge on any atom is -0.332 e. The molecule has 0 saturated heterocycles. The van der Waals surface area contributed by atoms with E-state index >= 15 is 0 Å². The van der Waals surface area contributed by atoms with Crippen LogP contribution in [-0.4, -0.2) is 43.5 Å². The van der Waals surface area contributed by atoms with E-state index in [0.717, 1.165) is 58.0 Å². The number of fused-ring (bicyclic) bond motifs is 2. The third kappa shape index (κ3) is 5.02. The molecule has 2 atom stereocenters. The predicted molar refractivity (Wildman–Crippen MR) is 144 cm³/mol. The van der Waals surface area contributed by atoms with E-state index in [9.17, 15) is 4.79 Å². The van der Waals surface area contributed by atoms with Gasteiger partial charge in [-0.1, -0.05) is 6.07 Å². The number of aromatic nitrogens is 4. The van der Waals surface area contributed by atoms with Crippen LogP contribution >= 0.6 is 23.1 Å². The van der Waals surface area contributed by atoms with Gasteiger partial charge in [0.1, 0.15) is 5.82 Å². The van der Waals surface area contributed by atoms with Gasteiger partial charge in [-0.15, -0.1) is 23.1 Å². The van der Waals surface area contributed by atoms with Gasteiger partial charge in [-0.3, -0.25) is 9.78 Å². The van der Waals surface area contributed by atoms with Crippen molar-refractivity contribution in [1.82, 2.24) is 24.8 Å². The largest absolute Gasteiger partial charge is 0.332 e. The normalized spacial score (nSPS) is 19.5. The van der Waals surface area contributed by atoms with Gasteiger partial charge < -0.3 is 4.90 Å². The van der Waals surface area contributed by atoms with Gasteiger partial charge in [-0.25, -0.2) is 15.0 Å². The molecule has 1 aliphatic heterocycles. The standard InChI is InChI=1S/C28H29N5OS2/c1-35-22-15-30-26(31-16-22)12-18-4-5-19(11-18)13-27-32-23-7-6-21(14-25(23)36-27)28(34)33-10-8-20-3-2-9-29-24(20)17-33/h2-3,6-7,9,14-16,18-19H,4-5,8,10-13,17H2,1H3/t18-,19-/m0/s1. The smallest absolute Gasteiger partial charge is 0.254 e. The minimum atomic E-state index is 0.0783. The SMILES string of the molecule is CSc1cnc(C[C@H]2CC[C@H](Cc3nc4ccc(C(=O)N5CCc6cccnc6C5)cc4s3)C2)nc1. The Hall–Kier alpha value is -2.84. The van der Waals surface area contributed by atoms with Crippen molar-refractivity contribution in [3.05, 3.63) is 76.6 Å². The lowest BCUT2D eigenvalue weighted by Gasteiger charge is -2.28. The first-order valence-corrected chi connectivity index (χ1v) is 14.6. The molecule has 0 unspecified atom stereocenters. The Balaban J connectivity index is 1.09. The monoisotopic (exact) mass is 515 g/mol. The molecule has 0 radical (unpaired) electrons. The summed E-state index contributed by atoms with van der Waals surface area (Å²) in [6.07, 6.45) is 14.2. The van der Waals surface area contributed by atoms with Crippen molar-refractivity contribution in [2.45, 2.75) is 50.0 Å². The first-order valence-electron chi connectivity index (χ1n) is 12.6. The molecule has 6 rings (SSSR count).